The SMILES string of the molecule is Cc1[nH]n(-c2ccccc2)c(=O)c1C=C1SC(=S)N(C)C1=O. The summed E-state index contributed by atoms with van der Waals surface area (Å²) in [4.78, 5) is 26.5. The molecule has 7 heteroatoms. The van der Waals surface area contributed by atoms with Crippen LogP contribution in [0.2, 0.25) is 0 Å². The van der Waals surface area contributed by atoms with Crippen molar-refractivity contribution in [3.63, 3.8) is 0 Å². The standard InChI is InChI=1S/C15H13N3O2S2/c1-9-11(8-12-14(20)17(2)15(21)22-12)13(19)18(16-9)10-6-4-3-5-7-10/h3-8,16H,1-2H3. The van der Waals surface area contributed by atoms with Gasteiger partial charge >= 0.3 is 0 Å². The Hall–Kier alpha value is -2.12. The molecule has 0 saturated carbocycles. The molecule has 0 atom stereocenters. The van der Waals surface area contributed by atoms with E-state index < -0.39 is 0 Å². The zero-order valence-corrected chi connectivity index (χ0v) is 13.6. The molecule has 2 heterocycles. The highest BCUT2D eigenvalue weighted by Gasteiger charge is 2.29. The van der Waals surface area contributed by atoms with Crippen LogP contribution < -0.4 is 5.56 Å². The van der Waals surface area contributed by atoms with Gasteiger partial charge in [0.1, 0.15) is 4.32 Å². The van der Waals surface area contributed by atoms with E-state index in [0.717, 1.165) is 5.69 Å². The molecule has 22 heavy (non-hydrogen) atoms. The molecule has 1 aliphatic rings. The maximum atomic E-state index is 12.6. The summed E-state index contributed by atoms with van der Waals surface area (Å²) in [7, 11) is 1.63. The van der Waals surface area contributed by atoms with Gasteiger partial charge in [-0.1, -0.05) is 42.2 Å². The first-order chi connectivity index (χ1) is 10.5. The number of thioether (sulfide) groups is 1. The molecule has 1 fully saturated rings. The summed E-state index contributed by atoms with van der Waals surface area (Å²) >= 11 is 6.30. The molecule has 1 aliphatic heterocycles. The van der Waals surface area contributed by atoms with Crippen molar-refractivity contribution in [2.75, 3.05) is 7.05 Å². The molecule has 112 valence electrons. The first kappa shape index (κ1) is 14.8. The van der Waals surface area contributed by atoms with Crippen molar-refractivity contribution in [2.45, 2.75) is 6.92 Å². The van der Waals surface area contributed by atoms with Crippen LogP contribution in [0.1, 0.15) is 11.3 Å². The van der Waals surface area contributed by atoms with Gasteiger partial charge in [0, 0.05) is 12.7 Å². The Kier molecular flexibility index (Phi) is 3.76. The molecule has 0 unspecified atom stereocenters. The van der Waals surface area contributed by atoms with Crippen LogP contribution >= 0.6 is 24.0 Å². The van der Waals surface area contributed by atoms with Gasteiger partial charge in [0.2, 0.25) is 0 Å². The second-order valence-corrected chi connectivity index (χ2v) is 6.54. The van der Waals surface area contributed by atoms with E-state index >= 15 is 0 Å². The minimum absolute atomic E-state index is 0.179. The number of hydrogen-bond donors (Lipinski definition) is 1. The third-order valence-electron chi connectivity index (χ3n) is 3.39. The quantitative estimate of drug-likeness (QED) is 0.678. The maximum Gasteiger partial charge on any atom is 0.278 e. The Morgan fingerprint density at radius 3 is 2.50 bits per heavy atom. The fourth-order valence-corrected chi connectivity index (χ4v) is 3.33. The molecule has 3 rings (SSSR count). The lowest BCUT2D eigenvalue weighted by Gasteiger charge is -2.03. The Morgan fingerprint density at radius 1 is 1.23 bits per heavy atom. The van der Waals surface area contributed by atoms with Crippen LogP contribution in [0.25, 0.3) is 11.8 Å². The number of amides is 1. The molecule has 0 spiro atoms. The van der Waals surface area contributed by atoms with E-state index in [1.165, 1.54) is 21.3 Å². The van der Waals surface area contributed by atoms with Gasteiger partial charge in [0.15, 0.2) is 0 Å². The number of aromatic nitrogens is 2. The van der Waals surface area contributed by atoms with Gasteiger partial charge in [-0.25, -0.2) is 4.68 Å². The van der Waals surface area contributed by atoms with Crippen molar-refractivity contribution in [1.82, 2.24) is 14.7 Å². The first-order valence-corrected chi connectivity index (χ1v) is 7.80. The normalized spacial score (nSPS) is 16.8. The van der Waals surface area contributed by atoms with Crippen molar-refractivity contribution in [3.8, 4) is 5.69 Å². The zero-order chi connectivity index (χ0) is 15.9. The van der Waals surface area contributed by atoms with E-state index in [0.29, 0.717) is 20.5 Å². The van der Waals surface area contributed by atoms with Gasteiger partial charge in [-0.3, -0.25) is 19.6 Å². The van der Waals surface area contributed by atoms with E-state index in [4.69, 9.17) is 12.2 Å². The lowest BCUT2D eigenvalue weighted by Crippen LogP contribution is -2.22. The van der Waals surface area contributed by atoms with Gasteiger partial charge < -0.3 is 0 Å². The largest absolute Gasteiger partial charge is 0.296 e. The molecule has 0 aliphatic carbocycles. The van der Waals surface area contributed by atoms with E-state index in [1.807, 2.05) is 30.3 Å². The van der Waals surface area contributed by atoms with Gasteiger partial charge in [-0.05, 0) is 25.1 Å². The van der Waals surface area contributed by atoms with Crippen molar-refractivity contribution in [3.05, 3.63) is 56.8 Å². The van der Waals surface area contributed by atoms with E-state index in [9.17, 15) is 9.59 Å². The molecule has 5 nitrogen and oxygen atoms in total. The number of H-pyrrole nitrogens is 1. The summed E-state index contributed by atoms with van der Waals surface area (Å²) in [6, 6.07) is 9.29. The number of nitrogens with zero attached hydrogens (tertiary/aromatic N) is 2. The first-order valence-electron chi connectivity index (χ1n) is 6.57. The average molecular weight is 331 g/mol. The minimum Gasteiger partial charge on any atom is -0.296 e. The molecule has 1 aromatic carbocycles. The van der Waals surface area contributed by atoms with Gasteiger partial charge in [-0.2, -0.15) is 0 Å². The highest BCUT2D eigenvalue weighted by Crippen LogP contribution is 2.31. The van der Waals surface area contributed by atoms with Crippen molar-refractivity contribution >= 4 is 40.3 Å². The van der Waals surface area contributed by atoms with Crippen LogP contribution in [0, 0.1) is 6.92 Å². The van der Waals surface area contributed by atoms with Crippen LogP contribution in [0.5, 0.6) is 0 Å². The third-order valence-corrected chi connectivity index (χ3v) is 4.88. The number of carbonyl (C=O) groups excluding carboxylic acids is 1. The zero-order valence-electron chi connectivity index (χ0n) is 12.0. The maximum absolute atomic E-state index is 12.6. The Balaban J connectivity index is 2.07. The van der Waals surface area contributed by atoms with Gasteiger partial charge in [0.25, 0.3) is 11.5 Å². The fraction of sp³-hybridized carbons (Fsp3) is 0.133. The third kappa shape index (κ3) is 2.42. The molecule has 1 amide bonds. The van der Waals surface area contributed by atoms with Crippen molar-refractivity contribution < 1.29 is 4.79 Å². The number of carbonyl (C=O) groups is 1. The Bertz CT molecular complexity index is 849. The summed E-state index contributed by atoms with van der Waals surface area (Å²) < 4.78 is 1.96. The van der Waals surface area contributed by atoms with Crippen LogP contribution in [0.15, 0.2) is 40.0 Å². The molecule has 2 aromatic rings. The summed E-state index contributed by atoms with van der Waals surface area (Å²) in [5.41, 5.74) is 1.73. The molecule has 0 radical (unpaired) electrons. The van der Waals surface area contributed by atoms with Gasteiger partial charge in [-0.15, -0.1) is 0 Å². The molecule has 1 N–H and O–H groups in total. The van der Waals surface area contributed by atoms with Crippen LogP contribution in [-0.2, 0) is 4.79 Å². The highest BCUT2D eigenvalue weighted by atomic mass is 32.2. The summed E-state index contributed by atoms with van der Waals surface area (Å²) in [5, 5.41) is 3.03. The van der Waals surface area contributed by atoms with Crippen LogP contribution in [0.3, 0.4) is 0 Å². The number of hydrogen-bond acceptors (Lipinski definition) is 4. The predicted octanol–water partition coefficient (Wildman–Crippen LogP) is 2.31. The van der Waals surface area contributed by atoms with Crippen molar-refractivity contribution in [2.24, 2.45) is 0 Å². The second-order valence-electron chi connectivity index (χ2n) is 4.87. The number of benzene rings is 1. The molecule has 1 aromatic heterocycles. The monoisotopic (exact) mass is 331 g/mol. The smallest absolute Gasteiger partial charge is 0.278 e. The summed E-state index contributed by atoms with van der Waals surface area (Å²) in [5.74, 6) is -0.179. The van der Waals surface area contributed by atoms with Crippen LogP contribution in [-0.4, -0.2) is 32.0 Å². The number of aromatic amines is 1. The lowest BCUT2D eigenvalue weighted by atomic mass is 10.2. The lowest BCUT2D eigenvalue weighted by molar-refractivity contribution is -0.121. The van der Waals surface area contributed by atoms with Gasteiger partial charge in [0.05, 0.1) is 16.2 Å². The average Bonchev–Trinajstić information content (AvgIpc) is 2.93. The number of aryl methyl sites for hydroxylation is 1. The van der Waals surface area contributed by atoms with Crippen molar-refractivity contribution in [1.29, 1.82) is 0 Å². The minimum atomic E-state index is -0.190. The Labute approximate surface area is 136 Å². The van der Waals surface area contributed by atoms with E-state index in [-0.39, 0.29) is 11.5 Å². The number of likely N-dealkylation sites (N-methyl/N-ethyl adjacent to an activating group) is 1. The number of nitrogens with one attached hydrogen (secondary N) is 1. The number of para-hydroxylation sites is 1. The molecule has 1 saturated heterocycles. The second kappa shape index (κ2) is 5.58. The Morgan fingerprint density at radius 2 is 1.91 bits per heavy atom. The number of thiocarbonyl (C=S) groups is 1. The van der Waals surface area contributed by atoms with Crippen LogP contribution in [0.4, 0.5) is 0 Å². The predicted molar refractivity (Wildman–Crippen MR) is 92.1 cm³/mol. The molecule has 0 bridgehead atoms. The van der Waals surface area contributed by atoms with E-state index in [1.54, 1.807) is 20.0 Å². The summed E-state index contributed by atoms with van der Waals surface area (Å²) in [6.07, 6.45) is 1.61. The highest BCUT2D eigenvalue weighted by molar-refractivity contribution is 8.26. The van der Waals surface area contributed by atoms with E-state index in [2.05, 4.69) is 5.10 Å². The topological polar surface area (TPSA) is 58.1 Å². The number of rotatable bonds is 2. The fourth-order valence-electron chi connectivity index (χ4n) is 2.17. The summed E-state index contributed by atoms with van der Waals surface area (Å²) in [6.45, 7) is 1.80. The molecular weight excluding hydrogens is 318 g/mol. The molecular formula is C15H13N3O2S2.